The van der Waals surface area contributed by atoms with Crippen LogP contribution in [0.2, 0.25) is 0 Å². The molecule has 0 spiro atoms. The largest absolute Gasteiger partial charge is 0.295 e. The van der Waals surface area contributed by atoms with E-state index in [9.17, 15) is 14.9 Å². The summed E-state index contributed by atoms with van der Waals surface area (Å²) < 4.78 is 2.09. The van der Waals surface area contributed by atoms with E-state index in [4.69, 9.17) is 0 Å². The SMILES string of the molecule is CC1(C)CC[C@]2(n3ccnn3)CC[C@]3(C)[C@H](C(=O)C=C4[C@@]5(C)C=C(C#N)C(=O)C(C)(C)[C@@H]5CC[C@]43C)[C@@H]2C1. The molecule has 6 rings (SSSR count). The number of carbonyl (C=O) groups excluding carboxylic acids is 2. The standard InChI is InChI=1S/C32H42N4O2/c1-27(2)10-12-32(36-15-14-34-35-36)13-11-31(7)25(21(32)18-27)22(37)16-24-29(5)17-20(19-33)26(38)28(3,4)23(29)8-9-30(24,31)6/h14-17,21,23,25H,8-13,18H2,1-7H3/t21-,23-,25-,29-,30+,31+,32-/m0/s1. The lowest BCUT2D eigenvalue weighted by atomic mass is 9.35. The third-order valence-corrected chi connectivity index (χ3v) is 12.7. The first-order chi connectivity index (χ1) is 17.7. The summed E-state index contributed by atoms with van der Waals surface area (Å²) in [6.45, 7) is 15.7. The van der Waals surface area contributed by atoms with Crippen LogP contribution in [-0.2, 0) is 15.1 Å². The van der Waals surface area contributed by atoms with Crippen LogP contribution in [0.25, 0.3) is 0 Å². The lowest BCUT2D eigenvalue weighted by Gasteiger charge is -2.69. The van der Waals surface area contributed by atoms with E-state index < -0.39 is 10.8 Å². The Morgan fingerprint density at radius 3 is 2.37 bits per heavy atom. The number of rotatable bonds is 1. The number of carbonyl (C=O) groups is 2. The van der Waals surface area contributed by atoms with Gasteiger partial charge in [0.25, 0.3) is 0 Å². The number of hydrogen-bond donors (Lipinski definition) is 0. The molecule has 0 unspecified atom stereocenters. The predicted molar refractivity (Wildman–Crippen MR) is 144 cm³/mol. The normalized spacial score (nSPS) is 44.9. The van der Waals surface area contributed by atoms with Crippen molar-refractivity contribution in [2.45, 2.75) is 99.0 Å². The smallest absolute Gasteiger partial charge is 0.178 e. The van der Waals surface area contributed by atoms with E-state index in [0.717, 1.165) is 50.5 Å². The van der Waals surface area contributed by atoms with Crippen molar-refractivity contribution in [1.82, 2.24) is 15.0 Å². The highest BCUT2D eigenvalue weighted by atomic mass is 16.1. The summed E-state index contributed by atoms with van der Waals surface area (Å²) in [4.78, 5) is 27.8. The van der Waals surface area contributed by atoms with Crippen LogP contribution in [0.4, 0.5) is 0 Å². The van der Waals surface area contributed by atoms with Crippen molar-refractivity contribution in [1.29, 1.82) is 5.26 Å². The van der Waals surface area contributed by atoms with E-state index in [1.54, 1.807) is 6.20 Å². The molecule has 38 heavy (non-hydrogen) atoms. The van der Waals surface area contributed by atoms with Crippen molar-refractivity contribution in [2.75, 3.05) is 0 Å². The Balaban J connectivity index is 1.54. The van der Waals surface area contributed by atoms with E-state index in [-0.39, 0.29) is 56.7 Å². The summed E-state index contributed by atoms with van der Waals surface area (Å²) in [5, 5.41) is 18.6. The number of fused-ring (bicyclic) bond motifs is 7. The van der Waals surface area contributed by atoms with E-state index in [0.29, 0.717) is 0 Å². The maximum absolute atomic E-state index is 14.5. The second-order valence-electron chi connectivity index (χ2n) is 15.2. The Bertz CT molecular complexity index is 1330. The second kappa shape index (κ2) is 7.55. The third-order valence-electron chi connectivity index (χ3n) is 12.7. The van der Waals surface area contributed by atoms with Crippen molar-refractivity contribution in [3.63, 3.8) is 0 Å². The number of nitriles is 1. The number of Topliss-reactive ketones (excluding diaryl/α,β-unsaturated/α-hetero) is 1. The molecule has 202 valence electrons. The lowest BCUT2D eigenvalue weighted by Crippen LogP contribution is -2.66. The highest BCUT2D eigenvalue weighted by molar-refractivity contribution is 6.04. The van der Waals surface area contributed by atoms with Crippen molar-refractivity contribution in [2.24, 2.45) is 44.8 Å². The van der Waals surface area contributed by atoms with Crippen molar-refractivity contribution < 1.29 is 9.59 Å². The molecular weight excluding hydrogens is 472 g/mol. The fourth-order valence-corrected chi connectivity index (χ4v) is 10.5. The highest BCUT2D eigenvalue weighted by Crippen LogP contribution is 2.74. The number of allylic oxidation sites excluding steroid dienone is 4. The van der Waals surface area contributed by atoms with Gasteiger partial charge in [-0.2, -0.15) is 5.26 Å². The van der Waals surface area contributed by atoms with Crippen LogP contribution < -0.4 is 0 Å². The number of aromatic nitrogens is 3. The van der Waals surface area contributed by atoms with E-state index in [1.807, 2.05) is 32.2 Å². The molecule has 1 heterocycles. The second-order valence-corrected chi connectivity index (χ2v) is 15.2. The van der Waals surface area contributed by atoms with Gasteiger partial charge in [0.1, 0.15) is 6.07 Å². The van der Waals surface area contributed by atoms with E-state index >= 15 is 0 Å². The van der Waals surface area contributed by atoms with Crippen LogP contribution in [0.5, 0.6) is 0 Å². The average molecular weight is 515 g/mol. The molecule has 6 nitrogen and oxygen atoms in total. The molecule has 0 N–H and O–H groups in total. The zero-order valence-corrected chi connectivity index (χ0v) is 24.1. The summed E-state index contributed by atoms with van der Waals surface area (Å²) in [6, 6.07) is 2.20. The molecule has 0 radical (unpaired) electrons. The summed E-state index contributed by atoms with van der Waals surface area (Å²) in [7, 11) is 0. The summed E-state index contributed by atoms with van der Waals surface area (Å²) >= 11 is 0. The van der Waals surface area contributed by atoms with E-state index in [1.165, 1.54) is 0 Å². The van der Waals surface area contributed by atoms with Crippen LogP contribution in [0.15, 0.2) is 35.7 Å². The topological polar surface area (TPSA) is 88.6 Å². The summed E-state index contributed by atoms with van der Waals surface area (Å²) in [5.41, 5.74) is -0.146. The summed E-state index contributed by atoms with van der Waals surface area (Å²) in [5.74, 6) is 0.340. The first-order valence-electron chi connectivity index (χ1n) is 14.5. The Morgan fingerprint density at radius 2 is 1.71 bits per heavy atom. The zero-order chi connectivity index (χ0) is 27.5. The first kappa shape index (κ1) is 25.7. The molecule has 5 aliphatic carbocycles. The molecule has 6 heteroatoms. The molecule has 0 aromatic carbocycles. The van der Waals surface area contributed by atoms with Crippen LogP contribution in [0.1, 0.15) is 93.4 Å². The molecule has 3 fully saturated rings. The Hall–Kier alpha value is -2.55. The number of hydrogen-bond acceptors (Lipinski definition) is 5. The van der Waals surface area contributed by atoms with Gasteiger partial charge in [0, 0.05) is 22.9 Å². The molecule has 0 amide bonds. The van der Waals surface area contributed by atoms with E-state index in [2.05, 4.69) is 55.7 Å². The van der Waals surface area contributed by atoms with Gasteiger partial charge in [-0.05, 0) is 79.1 Å². The molecule has 1 aromatic rings. The van der Waals surface area contributed by atoms with Gasteiger partial charge in [-0.3, -0.25) is 9.59 Å². The minimum atomic E-state index is -0.639. The van der Waals surface area contributed by atoms with Crippen LogP contribution >= 0.6 is 0 Å². The number of nitrogens with zero attached hydrogens (tertiary/aromatic N) is 4. The van der Waals surface area contributed by atoms with Gasteiger partial charge in [-0.1, -0.05) is 65.3 Å². The molecule has 5 aliphatic rings. The first-order valence-corrected chi connectivity index (χ1v) is 14.5. The fraction of sp³-hybridized carbons (Fsp3) is 0.719. The van der Waals surface area contributed by atoms with Crippen molar-refractivity contribution in [3.8, 4) is 6.07 Å². The maximum Gasteiger partial charge on any atom is 0.178 e. The van der Waals surface area contributed by atoms with Gasteiger partial charge in [0.2, 0.25) is 0 Å². The predicted octanol–water partition coefficient (Wildman–Crippen LogP) is 6.21. The van der Waals surface area contributed by atoms with Gasteiger partial charge < -0.3 is 0 Å². The van der Waals surface area contributed by atoms with Gasteiger partial charge in [-0.25, -0.2) is 4.68 Å². The van der Waals surface area contributed by atoms with Gasteiger partial charge in [0.05, 0.1) is 17.3 Å². The molecule has 3 saturated carbocycles. The number of ketones is 2. The summed E-state index contributed by atoms with van der Waals surface area (Å²) in [6.07, 6.45) is 14.6. The average Bonchev–Trinajstić information content (AvgIpc) is 3.38. The fourth-order valence-electron chi connectivity index (χ4n) is 10.5. The zero-order valence-electron chi connectivity index (χ0n) is 24.1. The monoisotopic (exact) mass is 514 g/mol. The molecule has 0 bridgehead atoms. The highest BCUT2D eigenvalue weighted by Gasteiger charge is 2.70. The van der Waals surface area contributed by atoms with Crippen LogP contribution in [0.3, 0.4) is 0 Å². The molecule has 7 atom stereocenters. The van der Waals surface area contributed by atoms with Crippen molar-refractivity contribution in [3.05, 3.63) is 35.7 Å². The Kier molecular flexibility index (Phi) is 5.11. The Morgan fingerprint density at radius 1 is 1.00 bits per heavy atom. The van der Waals surface area contributed by atoms with Gasteiger partial charge in [0.15, 0.2) is 11.6 Å². The molecule has 0 aliphatic heterocycles. The minimum absolute atomic E-state index is 0.0578. The maximum atomic E-state index is 14.5. The van der Waals surface area contributed by atoms with Crippen molar-refractivity contribution >= 4 is 11.6 Å². The van der Waals surface area contributed by atoms with Crippen LogP contribution in [0, 0.1) is 56.2 Å². The molecule has 1 aromatic heterocycles. The van der Waals surface area contributed by atoms with Gasteiger partial charge in [-0.15, -0.1) is 5.10 Å². The van der Waals surface area contributed by atoms with Gasteiger partial charge >= 0.3 is 0 Å². The third kappa shape index (κ3) is 2.94. The molecular formula is C32H42N4O2. The quantitative estimate of drug-likeness (QED) is 0.445. The Labute approximate surface area is 226 Å². The van der Waals surface area contributed by atoms with Crippen LogP contribution in [-0.4, -0.2) is 26.6 Å². The lowest BCUT2D eigenvalue weighted by molar-refractivity contribution is -0.169. The minimum Gasteiger partial charge on any atom is -0.295 e. The molecule has 0 saturated heterocycles.